The first-order valence-electron chi connectivity index (χ1n) is 5.77. The second-order valence-electron chi connectivity index (χ2n) is 4.47. The molecule has 2 unspecified atom stereocenters. The molecular weight excluding hydrogens is 274 g/mol. The summed E-state index contributed by atoms with van der Waals surface area (Å²) in [5, 5.41) is 10.6. The number of aliphatic hydroxyl groups is 1. The maximum absolute atomic E-state index is 12.5. The number of thiophene rings is 1. The van der Waals surface area contributed by atoms with Crippen molar-refractivity contribution >= 4 is 21.4 Å². The van der Waals surface area contributed by atoms with E-state index in [0.29, 0.717) is 18.0 Å². The highest BCUT2D eigenvalue weighted by atomic mass is 32.2. The van der Waals surface area contributed by atoms with E-state index < -0.39 is 10.0 Å². The maximum Gasteiger partial charge on any atom is 0.244 e. The number of nitrogens with zero attached hydrogens (tertiary/aromatic N) is 1. The highest BCUT2D eigenvalue weighted by Gasteiger charge is 2.34. The Morgan fingerprint density at radius 1 is 1.56 bits per heavy atom. The number of aliphatic hydroxyl groups excluding tert-OH is 1. The quantitative estimate of drug-likeness (QED) is 0.903. The van der Waals surface area contributed by atoms with Crippen molar-refractivity contribution in [2.75, 3.05) is 13.2 Å². The van der Waals surface area contributed by atoms with Crippen LogP contribution in [0.25, 0.3) is 0 Å². The lowest BCUT2D eigenvalue weighted by Gasteiger charge is -2.35. The highest BCUT2D eigenvalue weighted by Crippen LogP contribution is 2.26. The molecule has 0 aliphatic carbocycles. The van der Waals surface area contributed by atoms with Crippen molar-refractivity contribution in [1.29, 1.82) is 0 Å². The minimum absolute atomic E-state index is 0.0908. The van der Waals surface area contributed by atoms with Crippen LogP contribution in [-0.2, 0) is 21.4 Å². The third kappa shape index (κ3) is 2.60. The van der Waals surface area contributed by atoms with E-state index >= 15 is 0 Å². The van der Waals surface area contributed by atoms with Gasteiger partial charge in [0.25, 0.3) is 0 Å². The van der Waals surface area contributed by atoms with Crippen LogP contribution in [0.15, 0.2) is 16.3 Å². The summed E-state index contributed by atoms with van der Waals surface area (Å²) >= 11 is 1.26. The van der Waals surface area contributed by atoms with Crippen LogP contribution >= 0.6 is 11.3 Å². The SMILES string of the molecule is CC1CN(S(=O)(=O)c2csc(CO)c2)C(C)CO1. The Labute approximate surface area is 111 Å². The van der Waals surface area contributed by atoms with E-state index in [4.69, 9.17) is 9.84 Å². The fourth-order valence-corrected chi connectivity index (χ4v) is 4.74. The van der Waals surface area contributed by atoms with Gasteiger partial charge in [0.1, 0.15) is 0 Å². The molecule has 1 aromatic rings. The molecule has 0 aromatic carbocycles. The second-order valence-corrected chi connectivity index (χ2v) is 7.36. The monoisotopic (exact) mass is 291 g/mol. The number of hydrogen-bond donors (Lipinski definition) is 1. The fourth-order valence-electron chi connectivity index (χ4n) is 1.92. The number of rotatable bonds is 3. The molecule has 1 aromatic heterocycles. The second kappa shape index (κ2) is 5.26. The summed E-state index contributed by atoms with van der Waals surface area (Å²) in [4.78, 5) is 0.917. The van der Waals surface area contributed by atoms with Crippen molar-refractivity contribution in [3.8, 4) is 0 Å². The summed E-state index contributed by atoms with van der Waals surface area (Å²) in [6.07, 6.45) is -0.0908. The van der Waals surface area contributed by atoms with Crippen molar-refractivity contribution in [2.45, 2.75) is 37.5 Å². The first-order valence-corrected chi connectivity index (χ1v) is 8.09. The van der Waals surface area contributed by atoms with Gasteiger partial charge in [-0.3, -0.25) is 0 Å². The standard InChI is InChI=1S/C11H17NO4S2/c1-8-6-16-9(2)4-12(8)18(14,15)11-3-10(5-13)17-7-11/h3,7-9,13H,4-6H2,1-2H3. The molecule has 2 heterocycles. The normalized spacial score (nSPS) is 26.4. The Morgan fingerprint density at radius 3 is 2.89 bits per heavy atom. The smallest absolute Gasteiger partial charge is 0.244 e. The molecule has 1 N–H and O–H groups in total. The lowest BCUT2D eigenvalue weighted by Crippen LogP contribution is -2.49. The van der Waals surface area contributed by atoms with Gasteiger partial charge >= 0.3 is 0 Å². The lowest BCUT2D eigenvalue weighted by molar-refractivity contribution is -0.0170. The molecule has 0 amide bonds. The van der Waals surface area contributed by atoms with Gasteiger partial charge in [-0.2, -0.15) is 4.31 Å². The van der Waals surface area contributed by atoms with Crippen molar-refractivity contribution in [2.24, 2.45) is 0 Å². The first kappa shape index (κ1) is 14.0. The van der Waals surface area contributed by atoms with Crippen LogP contribution in [0, 0.1) is 0 Å². The molecule has 1 fully saturated rings. The van der Waals surface area contributed by atoms with E-state index in [-0.39, 0.29) is 23.6 Å². The van der Waals surface area contributed by atoms with Gasteiger partial charge in [0.05, 0.1) is 24.2 Å². The largest absolute Gasteiger partial charge is 0.391 e. The molecule has 0 bridgehead atoms. The fraction of sp³-hybridized carbons (Fsp3) is 0.636. The van der Waals surface area contributed by atoms with E-state index in [1.165, 1.54) is 21.7 Å². The molecule has 7 heteroatoms. The molecule has 1 saturated heterocycles. The molecule has 0 spiro atoms. The summed E-state index contributed by atoms with van der Waals surface area (Å²) < 4.78 is 31.8. The van der Waals surface area contributed by atoms with E-state index in [1.807, 2.05) is 13.8 Å². The molecule has 1 aliphatic rings. The summed E-state index contributed by atoms with van der Waals surface area (Å²) in [7, 11) is -3.48. The topological polar surface area (TPSA) is 66.8 Å². The Kier molecular flexibility index (Phi) is 4.08. The van der Waals surface area contributed by atoms with E-state index in [1.54, 1.807) is 5.38 Å². The average Bonchev–Trinajstić information content (AvgIpc) is 2.81. The van der Waals surface area contributed by atoms with Crippen molar-refractivity contribution < 1.29 is 18.3 Å². The maximum atomic E-state index is 12.5. The summed E-state index contributed by atoms with van der Waals surface area (Å²) in [6.45, 7) is 4.35. The molecule has 102 valence electrons. The number of morpholine rings is 1. The zero-order valence-electron chi connectivity index (χ0n) is 10.4. The molecule has 2 atom stereocenters. The van der Waals surface area contributed by atoms with Crippen LogP contribution in [0.3, 0.4) is 0 Å². The third-order valence-electron chi connectivity index (χ3n) is 2.94. The molecule has 5 nitrogen and oxygen atoms in total. The number of ether oxygens (including phenoxy) is 1. The van der Waals surface area contributed by atoms with Crippen molar-refractivity contribution in [3.63, 3.8) is 0 Å². The van der Waals surface area contributed by atoms with Gasteiger partial charge in [-0.15, -0.1) is 11.3 Å². The minimum Gasteiger partial charge on any atom is -0.391 e. The van der Waals surface area contributed by atoms with Gasteiger partial charge in [-0.05, 0) is 19.9 Å². The number of hydrogen-bond acceptors (Lipinski definition) is 5. The zero-order valence-corrected chi connectivity index (χ0v) is 12.0. The average molecular weight is 291 g/mol. The van der Waals surface area contributed by atoms with Gasteiger partial charge in [0.15, 0.2) is 0 Å². The highest BCUT2D eigenvalue weighted by molar-refractivity contribution is 7.89. The predicted octanol–water partition coefficient (Wildman–Crippen LogP) is 1.04. The summed E-state index contributed by atoms with van der Waals surface area (Å²) in [5.41, 5.74) is 0. The first-order chi connectivity index (χ1) is 8.45. The van der Waals surface area contributed by atoms with Crippen LogP contribution in [0.2, 0.25) is 0 Å². The van der Waals surface area contributed by atoms with Crippen LogP contribution < -0.4 is 0 Å². The Bertz CT molecular complexity index is 511. The molecule has 0 saturated carbocycles. The van der Waals surface area contributed by atoms with Crippen LogP contribution in [-0.4, -0.2) is 43.1 Å². The zero-order chi connectivity index (χ0) is 13.3. The van der Waals surface area contributed by atoms with Crippen LogP contribution in [0.5, 0.6) is 0 Å². The summed E-state index contributed by atoms with van der Waals surface area (Å²) in [5.74, 6) is 0. The molecule has 2 rings (SSSR count). The van der Waals surface area contributed by atoms with Crippen molar-refractivity contribution in [3.05, 3.63) is 16.3 Å². The van der Waals surface area contributed by atoms with E-state index in [2.05, 4.69) is 0 Å². The van der Waals surface area contributed by atoms with Gasteiger partial charge in [-0.25, -0.2) is 8.42 Å². The molecule has 18 heavy (non-hydrogen) atoms. The van der Waals surface area contributed by atoms with Gasteiger partial charge in [0.2, 0.25) is 10.0 Å². The molecular formula is C11H17NO4S2. The molecule has 1 aliphatic heterocycles. The summed E-state index contributed by atoms with van der Waals surface area (Å²) in [6, 6.07) is 1.37. The van der Waals surface area contributed by atoms with Crippen LogP contribution in [0.4, 0.5) is 0 Å². The van der Waals surface area contributed by atoms with Crippen LogP contribution in [0.1, 0.15) is 18.7 Å². The lowest BCUT2D eigenvalue weighted by atomic mass is 10.2. The third-order valence-corrected chi connectivity index (χ3v) is 5.97. The van der Waals surface area contributed by atoms with E-state index in [0.717, 1.165) is 0 Å². The van der Waals surface area contributed by atoms with Gasteiger partial charge in [0, 0.05) is 22.8 Å². The Balaban J connectivity index is 2.29. The minimum atomic E-state index is -3.48. The molecule has 0 radical (unpaired) electrons. The Hall–Kier alpha value is -0.470. The van der Waals surface area contributed by atoms with Gasteiger partial charge < -0.3 is 9.84 Å². The van der Waals surface area contributed by atoms with Gasteiger partial charge in [-0.1, -0.05) is 0 Å². The predicted molar refractivity (Wildman–Crippen MR) is 69.0 cm³/mol. The van der Waals surface area contributed by atoms with Crippen molar-refractivity contribution in [1.82, 2.24) is 4.31 Å². The van der Waals surface area contributed by atoms with E-state index in [9.17, 15) is 8.42 Å². The Morgan fingerprint density at radius 2 is 2.28 bits per heavy atom. The number of sulfonamides is 1.